The first-order valence-corrected chi connectivity index (χ1v) is 8.34. The van der Waals surface area contributed by atoms with Crippen LogP contribution < -0.4 is 5.32 Å². The van der Waals surface area contributed by atoms with E-state index in [0.717, 1.165) is 11.3 Å². The monoisotopic (exact) mass is 271 g/mol. The van der Waals surface area contributed by atoms with Crippen LogP contribution in [0.2, 0.25) is 0 Å². The molecule has 2 atom stereocenters. The Morgan fingerprint density at radius 2 is 2.24 bits per heavy atom. The predicted octanol–water partition coefficient (Wildman–Crippen LogP) is 3.05. The van der Waals surface area contributed by atoms with E-state index in [2.05, 4.69) is 12.2 Å². The van der Waals surface area contributed by atoms with Crippen LogP contribution in [-0.2, 0) is 0 Å². The topological polar surface area (TPSA) is 32.3 Å². The molecule has 1 aromatic heterocycles. The maximum Gasteiger partial charge on any atom is 0.0896 e. The molecule has 1 fully saturated rings. The summed E-state index contributed by atoms with van der Waals surface area (Å²) in [7, 11) is 0. The van der Waals surface area contributed by atoms with Crippen LogP contribution in [0.5, 0.6) is 0 Å². The number of thioether (sulfide) groups is 1. The van der Waals surface area contributed by atoms with Crippen LogP contribution in [0.4, 0.5) is 0 Å². The molecule has 1 aliphatic rings. The van der Waals surface area contributed by atoms with Crippen molar-refractivity contribution in [3.8, 4) is 0 Å². The molecule has 2 heterocycles. The van der Waals surface area contributed by atoms with Gasteiger partial charge in [0.25, 0.3) is 0 Å². The van der Waals surface area contributed by atoms with Gasteiger partial charge in [0.15, 0.2) is 0 Å². The van der Waals surface area contributed by atoms with E-state index in [1.165, 1.54) is 24.3 Å². The molecular weight excluding hydrogens is 250 g/mol. The second-order valence-corrected chi connectivity index (χ2v) is 6.93. The van der Waals surface area contributed by atoms with Gasteiger partial charge in [-0.15, -0.1) is 11.3 Å². The lowest BCUT2D eigenvalue weighted by molar-refractivity contribution is 0.154. The van der Waals surface area contributed by atoms with Gasteiger partial charge in [0.1, 0.15) is 0 Å². The third-order valence-electron chi connectivity index (χ3n) is 3.19. The Bertz CT molecular complexity index is 309. The van der Waals surface area contributed by atoms with Gasteiger partial charge in [0, 0.05) is 17.0 Å². The van der Waals surface area contributed by atoms with E-state index in [-0.39, 0.29) is 6.10 Å². The maximum atomic E-state index is 10.1. The zero-order chi connectivity index (χ0) is 12.1. The lowest BCUT2D eigenvalue weighted by atomic mass is 10.1. The van der Waals surface area contributed by atoms with E-state index < -0.39 is 0 Å². The molecule has 1 aromatic rings. The van der Waals surface area contributed by atoms with Crippen molar-refractivity contribution in [2.75, 3.05) is 11.5 Å². The standard InChI is InChI=1S/C13H21NOS2/c1-10(14-11-4-7-16-8-5-11)9-12(15)13-3-2-6-17-13/h2-3,6,10-12,14-15H,4-5,7-9H2,1H3/t10-,12+/m0/s1. The summed E-state index contributed by atoms with van der Waals surface area (Å²) in [5.41, 5.74) is 0. The summed E-state index contributed by atoms with van der Waals surface area (Å²) in [6.07, 6.45) is 3.04. The SMILES string of the molecule is C[C@@H](C[C@@H](O)c1cccs1)NC1CCSCC1. The molecule has 17 heavy (non-hydrogen) atoms. The number of hydrogen-bond acceptors (Lipinski definition) is 4. The number of nitrogens with one attached hydrogen (secondary N) is 1. The lowest BCUT2D eigenvalue weighted by Gasteiger charge is -2.27. The van der Waals surface area contributed by atoms with E-state index in [1.807, 2.05) is 29.3 Å². The van der Waals surface area contributed by atoms with Gasteiger partial charge in [0.2, 0.25) is 0 Å². The quantitative estimate of drug-likeness (QED) is 0.863. The summed E-state index contributed by atoms with van der Waals surface area (Å²) in [5.74, 6) is 2.55. The van der Waals surface area contributed by atoms with Crippen LogP contribution in [0.1, 0.15) is 37.2 Å². The normalized spacial score (nSPS) is 21.3. The molecule has 4 heteroatoms. The molecule has 0 unspecified atom stereocenters. The van der Waals surface area contributed by atoms with Gasteiger partial charge in [0.05, 0.1) is 6.10 Å². The van der Waals surface area contributed by atoms with Crippen LogP contribution in [0.3, 0.4) is 0 Å². The maximum absolute atomic E-state index is 10.1. The van der Waals surface area contributed by atoms with Crippen molar-refractivity contribution in [3.63, 3.8) is 0 Å². The zero-order valence-corrected chi connectivity index (χ0v) is 11.9. The largest absolute Gasteiger partial charge is 0.388 e. The highest BCUT2D eigenvalue weighted by molar-refractivity contribution is 7.99. The molecule has 0 saturated carbocycles. The second kappa shape index (κ2) is 6.78. The summed E-state index contributed by atoms with van der Waals surface area (Å²) < 4.78 is 0. The Labute approximate surface area is 112 Å². The highest BCUT2D eigenvalue weighted by atomic mass is 32.2. The summed E-state index contributed by atoms with van der Waals surface area (Å²) in [6, 6.07) is 5.06. The molecular formula is C13H21NOS2. The smallest absolute Gasteiger partial charge is 0.0896 e. The fourth-order valence-corrected chi connectivity index (χ4v) is 4.10. The van der Waals surface area contributed by atoms with Gasteiger partial charge in [-0.1, -0.05) is 6.07 Å². The van der Waals surface area contributed by atoms with Gasteiger partial charge < -0.3 is 10.4 Å². The minimum absolute atomic E-state index is 0.310. The zero-order valence-electron chi connectivity index (χ0n) is 10.3. The molecule has 96 valence electrons. The minimum Gasteiger partial charge on any atom is -0.388 e. The van der Waals surface area contributed by atoms with Crippen LogP contribution in [0.25, 0.3) is 0 Å². The molecule has 1 saturated heterocycles. The summed E-state index contributed by atoms with van der Waals surface area (Å²) in [5, 5.41) is 15.7. The number of thiophene rings is 1. The van der Waals surface area contributed by atoms with Crippen LogP contribution in [0, 0.1) is 0 Å². The van der Waals surface area contributed by atoms with Gasteiger partial charge in [-0.2, -0.15) is 11.8 Å². The minimum atomic E-state index is -0.310. The van der Waals surface area contributed by atoms with E-state index in [4.69, 9.17) is 0 Å². The molecule has 0 aliphatic carbocycles. The van der Waals surface area contributed by atoms with Crippen molar-refractivity contribution in [1.82, 2.24) is 5.32 Å². The average Bonchev–Trinajstić information content (AvgIpc) is 2.83. The predicted molar refractivity (Wildman–Crippen MR) is 76.8 cm³/mol. The molecule has 0 radical (unpaired) electrons. The fourth-order valence-electron chi connectivity index (χ4n) is 2.27. The molecule has 2 N–H and O–H groups in total. The molecule has 1 aliphatic heterocycles. The lowest BCUT2D eigenvalue weighted by Crippen LogP contribution is -2.39. The molecule has 2 nitrogen and oxygen atoms in total. The van der Waals surface area contributed by atoms with Gasteiger partial charge in [-0.05, 0) is 49.1 Å². The summed E-state index contributed by atoms with van der Waals surface area (Å²) >= 11 is 3.69. The number of hydrogen-bond donors (Lipinski definition) is 2. The Morgan fingerprint density at radius 3 is 2.88 bits per heavy atom. The number of aliphatic hydroxyl groups is 1. The first-order valence-electron chi connectivity index (χ1n) is 6.31. The Balaban J connectivity index is 1.74. The van der Waals surface area contributed by atoms with E-state index in [1.54, 1.807) is 11.3 Å². The Morgan fingerprint density at radius 1 is 1.47 bits per heavy atom. The number of aliphatic hydroxyl groups excluding tert-OH is 1. The van der Waals surface area contributed by atoms with Crippen LogP contribution >= 0.6 is 23.1 Å². The molecule has 0 spiro atoms. The van der Waals surface area contributed by atoms with Crippen molar-refractivity contribution in [2.24, 2.45) is 0 Å². The van der Waals surface area contributed by atoms with Gasteiger partial charge in [-0.25, -0.2) is 0 Å². The molecule has 0 bridgehead atoms. The first kappa shape index (κ1) is 13.4. The third kappa shape index (κ3) is 4.28. The summed E-state index contributed by atoms with van der Waals surface area (Å²) in [6.45, 7) is 2.18. The Kier molecular flexibility index (Phi) is 5.35. The van der Waals surface area contributed by atoms with E-state index >= 15 is 0 Å². The summed E-state index contributed by atoms with van der Waals surface area (Å²) in [4.78, 5) is 1.08. The average molecular weight is 271 g/mol. The van der Waals surface area contributed by atoms with Crippen molar-refractivity contribution in [1.29, 1.82) is 0 Å². The Hall–Kier alpha value is -0.0300. The van der Waals surface area contributed by atoms with Gasteiger partial charge >= 0.3 is 0 Å². The van der Waals surface area contributed by atoms with Crippen molar-refractivity contribution in [2.45, 2.75) is 44.4 Å². The highest BCUT2D eigenvalue weighted by Crippen LogP contribution is 2.24. The molecule has 0 amide bonds. The van der Waals surface area contributed by atoms with Crippen LogP contribution in [0.15, 0.2) is 17.5 Å². The van der Waals surface area contributed by atoms with Crippen molar-refractivity contribution < 1.29 is 5.11 Å². The number of rotatable bonds is 5. The second-order valence-electron chi connectivity index (χ2n) is 4.72. The van der Waals surface area contributed by atoms with Crippen LogP contribution in [-0.4, -0.2) is 28.7 Å². The van der Waals surface area contributed by atoms with Crippen molar-refractivity contribution in [3.05, 3.63) is 22.4 Å². The first-order chi connectivity index (χ1) is 8.25. The highest BCUT2D eigenvalue weighted by Gasteiger charge is 2.18. The fraction of sp³-hybridized carbons (Fsp3) is 0.692. The molecule has 0 aromatic carbocycles. The molecule has 2 rings (SSSR count). The third-order valence-corrected chi connectivity index (χ3v) is 5.21. The van der Waals surface area contributed by atoms with Crippen molar-refractivity contribution >= 4 is 23.1 Å². The van der Waals surface area contributed by atoms with E-state index in [0.29, 0.717) is 12.1 Å². The van der Waals surface area contributed by atoms with Gasteiger partial charge in [-0.3, -0.25) is 0 Å². The van der Waals surface area contributed by atoms with E-state index in [9.17, 15) is 5.11 Å².